The molecule has 0 aliphatic carbocycles. The SMILES string of the molecule is CC(C)C1OCCC1CNC(=O)C(C)C1CNC1.Cl. The molecule has 0 radical (unpaired) electrons. The molecule has 0 aromatic carbocycles. The molecule has 3 atom stereocenters. The molecule has 0 saturated carbocycles. The zero-order valence-electron chi connectivity index (χ0n) is 12.1. The van der Waals surface area contributed by atoms with Crippen molar-refractivity contribution >= 4 is 18.3 Å². The Morgan fingerprint density at radius 1 is 1.37 bits per heavy atom. The predicted octanol–water partition coefficient (Wildman–Crippen LogP) is 1.44. The molecule has 2 fully saturated rings. The van der Waals surface area contributed by atoms with Crippen molar-refractivity contribution < 1.29 is 9.53 Å². The van der Waals surface area contributed by atoms with Crippen LogP contribution >= 0.6 is 12.4 Å². The van der Waals surface area contributed by atoms with Crippen LogP contribution in [0.25, 0.3) is 0 Å². The van der Waals surface area contributed by atoms with E-state index in [0.29, 0.717) is 23.9 Å². The van der Waals surface area contributed by atoms with Gasteiger partial charge in [-0.25, -0.2) is 0 Å². The summed E-state index contributed by atoms with van der Waals surface area (Å²) in [7, 11) is 0. The van der Waals surface area contributed by atoms with E-state index in [1.165, 1.54) is 0 Å². The van der Waals surface area contributed by atoms with Gasteiger partial charge in [0.25, 0.3) is 0 Å². The Morgan fingerprint density at radius 3 is 2.58 bits per heavy atom. The van der Waals surface area contributed by atoms with Gasteiger partial charge >= 0.3 is 0 Å². The Bertz CT molecular complexity index is 295. The van der Waals surface area contributed by atoms with Crippen LogP contribution in [0, 0.1) is 23.7 Å². The third kappa shape index (κ3) is 4.07. The Labute approximate surface area is 122 Å². The maximum atomic E-state index is 12.0. The maximum Gasteiger partial charge on any atom is 0.223 e. The molecule has 0 aromatic rings. The highest BCUT2D eigenvalue weighted by Gasteiger charge is 2.32. The van der Waals surface area contributed by atoms with E-state index in [1.807, 2.05) is 6.92 Å². The number of carbonyl (C=O) groups excluding carboxylic acids is 1. The molecule has 0 spiro atoms. The minimum Gasteiger partial charge on any atom is -0.378 e. The molecule has 1 amide bonds. The topological polar surface area (TPSA) is 50.4 Å². The molecule has 112 valence electrons. The van der Waals surface area contributed by atoms with Crippen LogP contribution in [-0.4, -0.2) is 38.3 Å². The van der Waals surface area contributed by atoms with Crippen molar-refractivity contribution in [3.63, 3.8) is 0 Å². The average molecular weight is 291 g/mol. The summed E-state index contributed by atoms with van der Waals surface area (Å²) in [4.78, 5) is 12.0. The Kier molecular flexibility index (Phi) is 6.57. The van der Waals surface area contributed by atoms with E-state index in [4.69, 9.17) is 4.74 Å². The van der Waals surface area contributed by atoms with Crippen LogP contribution in [0.3, 0.4) is 0 Å². The summed E-state index contributed by atoms with van der Waals surface area (Å²) in [5, 5.41) is 6.33. The second kappa shape index (κ2) is 7.46. The highest BCUT2D eigenvalue weighted by atomic mass is 35.5. The van der Waals surface area contributed by atoms with E-state index >= 15 is 0 Å². The summed E-state index contributed by atoms with van der Waals surface area (Å²) in [6, 6.07) is 0. The highest BCUT2D eigenvalue weighted by Crippen LogP contribution is 2.26. The van der Waals surface area contributed by atoms with Crippen LogP contribution in [0.2, 0.25) is 0 Å². The third-order valence-corrected chi connectivity index (χ3v) is 4.39. The molecule has 4 nitrogen and oxygen atoms in total. The van der Waals surface area contributed by atoms with Gasteiger partial charge in [0.1, 0.15) is 0 Å². The first-order valence-electron chi connectivity index (χ1n) is 7.19. The largest absolute Gasteiger partial charge is 0.378 e. The van der Waals surface area contributed by atoms with Gasteiger partial charge in [-0.05, 0) is 31.3 Å². The lowest BCUT2D eigenvalue weighted by Crippen LogP contribution is -2.50. The van der Waals surface area contributed by atoms with Gasteiger partial charge in [0.15, 0.2) is 0 Å². The lowest BCUT2D eigenvalue weighted by atomic mass is 9.88. The van der Waals surface area contributed by atoms with Gasteiger partial charge in [0.05, 0.1) is 6.10 Å². The first-order valence-corrected chi connectivity index (χ1v) is 7.19. The zero-order valence-corrected chi connectivity index (χ0v) is 13.0. The summed E-state index contributed by atoms with van der Waals surface area (Å²) in [6.07, 6.45) is 1.38. The Morgan fingerprint density at radius 2 is 2.05 bits per heavy atom. The van der Waals surface area contributed by atoms with Gasteiger partial charge in [0.2, 0.25) is 5.91 Å². The number of carbonyl (C=O) groups is 1. The molecule has 2 saturated heterocycles. The van der Waals surface area contributed by atoms with Gasteiger partial charge in [-0.1, -0.05) is 20.8 Å². The second-order valence-electron chi connectivity index (χ2n) is 6.08. The number of hydrogen-bond acceptors (Lipinski definition) is 3. The lowest BCUT2D eigenvalue weighted by Gasteiger charge is -2.32. The maximum absolute atomic E-state index is 12.0. The number of ether oxygens (including phenoxy) is 1. The van der Waals surface area contributed by atoms with E-state index < -0.39 is 0 Å². The van der Waals surface area contributed by atoms with Crippen molar-refractivity contribution in [2.45, 2.75) is 33.3 Å². The fourth-order valence-corrected chi connectivity index (χ4v) is 2.88. The Balaban J connectivity index is 0.00000180. The summed E-state index contributed by atoms with van der Waals surface area (Å²) in [5.41, 5.74) is 0. The van der Waals surface area contributed by atoms with Gasteiger partial charge in [0, 0.05) is 25.0 Å². The van der Waals surface area contributed by atoms with Crippen molar-refractivity contribution in [2.24, 2.45) is 23.7 Å². The molecule has 5 heteroatoms. The van der Waals surface area contributed by atoms with Gasteiger partial charge in [-0.2, -0.15) is 0 Å². The number of hydrogen-bond donors (Lipinski definition) is 2. The van der Waals surface area contributed by atoms with Gasteiger partial charge in [-0.3, -0.25) is 4.79 Å². The predicted molar refractivity (Wildman–Crippen MR) is 78.5 cm³/mol. The number of nitrogens with one attached hydrogen (secondary N) is 2. The number of amides is 1. The van der Waals surface area contributed by atoms with Gasteiger partial charge in [-0.15, -0.1) is 12.4 Å². The molecule has 0 aromatic heterocycles. The molecular weight excluding hydrogens is 264 g/mol. The lowest BCUT2D eigenvalue weighted by molar-refractivity contribution is -0.127. The molecule has 3 unspecified atom stereocenters. The van der Waals surface area contributed by atoms with Crippen LogP contribution in [0.5, 0.6) is 0 Å². The molecular formula is C14H27ClN2O2. The van der Waals surface area contributed by atoms with Crippen LogP contribution in [0.4, 0.5) is 0 Å². The van der Waals surface area contributed by atoms with E-state index in [-0.39, 0.29) is 24.2 Å². The quantitative estimate of drug-likeness (QED) is 0.806. The van der Waals surface area contributed by atoms with E-state index in [1.54, 1.807) is 0 Å². The second-order valence-corrected chi connectivity index (χ2v) is 6.08. The Hall–Kier alpha value is -0.320. The van der Waals surface area contributed by atoms with E-state index in [2.05, 4.69) is 24.5 Å². The minimum atomic E-state index is 0. The number of halogens is 1. The minimum absolute atomic E-state index is 0. The first kappa shape index (κ1) is 16.7. The normalized spacial score (nSPS) is 28.6. The monoisotopic (exact) mass is 290 g/mol. The molecule has 0 bridgehead atoms. The molecule has 2 N–H and O–H groups in total. The standard InChI is InChI=1S/C14H26N2O2.ClH/c1-9(2)13-11(4-5-18-13)8-16-14(17)10(3)12-6-15-7-12;/h9-13,15H,4-8H2,1-3H3,(H,16,17);1H. The fraction of sp³-hybridized carbons (Fsp3) is 0.929. The van der Waals surface area contributed by atoms with Crippen molar-refractivity contribution in [3.05, 3.63) is 0 Å². The van der Waals surface area contributed by atoms with E-state index in [0.717, 1.165) is 32.7 Å². The van der Waals surface area contributed by atoms with Crippen LogP contribution in [-0.2, 0) is 9.53 Å². The molecule has 2 aliphatic rings. The molecule has 2 aliphatic heterocycles. The molecule has 2 rings (SSSR count). The number of rotatable bonds is 5. The summed E-state index contributed by atoms with van der Waals surface area (Å²) < 4.78 is 5.74. The van der Waals surface area contributed by atoms with E-state index in [9.17, 15) is 4.79 Å². The summed E-state index contributed by atoms with van der Waals surface area (Å²) in [5.74, 6) is 1.87. The average Bonchev–Trinajstić information content (AvgIpc) is 2.71. The first-order chi connectivity index (χ1) is 8.59. The van der Waals surface area contributed by atoms with Crippen molar-refractivity contribution in [3.8, 4) is 0 Å². The zero-order chi connectivity index (χ0) is 13.1. The van der Waals surface area contributed by atoms with Crippen LogP contribution < -0.4 is 10.6 Å². The van der Waals surface area contributed by atoms with Gasteiger partial charge < -0.3 is 15.4 Å². The van der Waals surface area contributed by atoms with Crippen molar-refractivity contribution in [1.82, 2.24) is 10.6 Å². The van der Waals surface area contributed by atoms with Crippen LogP contribution in [0.15, 0.2) is 0 Å². The molecule has 2 heterocycles. The highest BCUT2D eigenvalue weighted by molar-refractivity contribution is 5.85. The summed E-state index contributed by atoms with van der Waals surface area (Å²) >= 11 is 0. The fourth-order valence-electron chi connectivity index (χ4n) is 2.88. The van der Waals surface area contributed by atoms with Crippen molar-refractivity contribution in [2.75, 3.05) is 26.2 Å². The summed E-state index contributed by atoms with van der Waals surface area (Å²) in [6.45, 7) is 9.98. The van der Waals surface area contributed by atoms with Crippen molar-refractivity contribution in [1.29, 1.82) is 0 Å². The van der Waals surface area contributed by atoms with Crippen LogP contribution in [0.1, 0.15) is 27.2 Å². The third-order valence-electron chi connectivity index (χ3n) is 4.39. The smallest absolute Gasteiger partial charge is 0.223 e. The molecule has 19 heavy (non-hydrogen) atoms.